The zero-order chi connectivity index (χ0) is 18.4. The van der Waals surface area contributed by atoms with Gasteiger partial charge in [0.25, 0.3) is 0 Å². The number of hydrogen-bond acceptors (Lipinski definition) is 3. The van der Waals surface area contributed by atoms with Gasteiger partial charge in [-0.3, -0.25) is 0 Å². The van der Waals surface area contributed by atoms with E-state index in [4.69, 9.17) is 10.1 Å². The van der Waals surface area contributed by atoms with E-state index in [1.165, 1.54) is 11.1 Å². The van der Waals surface area contributed by atoms with Crippen molar-refractivity contribution in [3.05, 3.63) is 84.1 Å². The highest BCUT2D eigenvalue weighted by atomic mass is 15.3. The van der Waals surface area contributed by atoms with Crippen molar-refractivity contribution >= 4 is 16.7 Å². The molecule has 0 radical (unpaired) electrons. The molecule has 3 heterocycles. The fourth-order valence-corrected chi connectivity index (χ4v) is 3.32. The monoisotopic (exact) mass is 350 g/mol. The fraction of sp³-hybridized carbons (Fsp3) is 0.0870. The van der Waals surface area contributed by atoms with Crippen molar-refractivity contribution in [2.24, 2.45) is 0 Å². The first kappa shape index (κ1) is 15.7. The van der Waals surface area contributed by atoms with Gasteiger partial charge in [-0.2, -0.15) is 0 Å². The van der Waals surface area contributed by atoms with Crippen LogP contribution in [0.4, 0.5) is 0 Å². The Morgan fingerprint density at radius 2 is 1.44 bits per heavy atom. The summed E-state index contributed by atoms with van der Waals surface area (Å²) in [6.45, 7) is 4.18. The summed E-state index contributed by atoms with van der Waals surface area (Å²) in [6, 6.07) is 23.0. The molecule has 4 heteroatoms. The molecule has 0 saturated heterocycles. The minimum absolute atomic E-state index is 0.708. The molecule has 0 saturated carbocycles. The quantitative estimate of drug-likeness (QED) is 0.438. The average molecular weight is 350 g/mol. The molecule has 0 atom stereocenters. The van der Waals surface area contributed by atoms with Crippen LogP contribution in [-0.4, -0.2) is 19.6 Å². The lowest BCUT2D eigenvalue weighted by Crippen LogP contribution is -1.98. The van der Waals surface area contributed by atoms with E-state index < -0.39 is 0 Å². The van der Waals surface area contributed by atoms with Crippen LogP contribution in [0, 0.1) is 13.8 Å². The van der Waals surface area contributed by atoms with Gasteiger partial charge in [-0.05, 0) is 32.0 Å². The highest BCUT2D eigenvalue weighted by Gasteiger charge is 2.14. The Bertz CT molecular complexity index is 1270. The second-order valence-corrected chi connectivity index (χ2v) is 6.87. The number of hydrogen-bond donors (Lipinski definition) is 0. The molecule has 5 aromatic rings. The van der Waals surface area contributed by atoms with Crippen LogP contribution in [0.15, 0.2) is 72.9 Å². The Labute approximate surface area is 157 Å². The molecule has 0 fully saturated rings. The van der Waals surface area contributed by atoms with Crippen LogP contribution in [0.2, 0.25) is 0 Å². The van der Waals surface area contributed by atoms with Crippen molar-refractivity contribution in [1.82, 2.24) is 19.6 Å². The van der Waals surface area contributed by atoms with Crippen LogP contribution >= 0.6 is 0 Å². The molecule has 130 valence electrons. The van der Waals surface area contributed by atoms with Crippen molar-refractivity contribution in [3.63, 3.8) is 0 Å². The van der Waals surface area contributed by atoms with Gasteiger partial charge in [-0.1, -0.05) is 59.7 Å². The molecule has 0 aliphatic heterocycles. The number of pyridine rings is 1. The molecule has 27 heavy (non-hydrogen) atoms. The van der Waals surface area contributed by atoms with Crippen molar-refractivity contribution in [1.29, 1.82) is 0 Å². The molecule has 4 nitrogen and oxygen atoms in total. The Morgan fingerprint density at radius 1 is 0.778 bits per heavy atom. The maximum atomic E-state index is 4.93. The maximum absolute atomic E-state index is 4.93. The molecule has 0 aliphatic carbocycles. The zero-order valence-electron chi connectivity index (χ0n) is 15.2. The van der Waals surface area contributed by atoms with Crippen molar-refractivity contribution in [2.45, 2.75) is 13.8 Å². The van der Waals surface area contributed by atoms with Gasteiger partial charge in [0.15, 0.2) is 11.3 Å². The van der Waals surface area contributed by atoms with Gasteiger partial charge in [0.1, 0.15) is 0 Å². The average Bonchev–Trinajstić information content (AvgIpc) is 3.07. The third kappa shape index (κ3) is 2.66. The normalized spacial score (nSPS) is 11.3. The molecular weight excluding hydrogens is 332 g/mol. The number of aryl methyl sites for hydroxylation is 2. The lowest BCUT2D eigenvalue weighted by Gasteiger charge is -2.09. The summed E-state index contributed by atoms with van der Waals surface area (Å²) >= 11 is 0. The number of nitrogens with zero attached hydrogens (tertiary/aromatic N) is 4. The molecular formula is C23H18N4. The highest BCUT2D eigenvalue weighted by molar-refractivity contribution is 5.91. The van der Waals surface area contributed by atoms with E-state index in [1.54, 1.807) is 6.20 Å². The van der Waals surface area contributed by atoms with Crippen molar-refractivity contribution < 1.29 is 0 Å². The SMILES string of the molecule is Cc1ccc(-c2cc(-c3ccc(C)cc3)n3nc4ncccc4c3n2)cc1. The van der Waals surface area contributed by atoms with Gasteiger partial charge in [-0.15, -0.1) is 5.10 Å². The number of rotatable bonds is 2. The summed E-state index contributed by atoms with van der Waals surface area (Å²) < 4.78 is 1.90. The van der Waals surface area contributed by atoms with Crippen LogP contribution in [0.5, 0.6) is 0 Å². The van der Waals surface area contributed by atoms with Gasteiger partial charge in [0.05, 0.1) is 16.8 Å². The highest BCUT2D eigenvalue weighted by Crippen LogP contribution is 2.29. The lowest BCUT2D eigenvalue weighted by atomic mass is 10.1. The molecule has 2 aromatic carbocycles. The maximum Gasteiger partial charge on any atom is 0.183 e. The topological polar surface area (TPSA) is 43.1 Å². The van der Waals surface area contributed by atoms with Crippen molar-refractivity contribution in [2.75, 3.05) is 0 Å². The Morgan fingerprint density at radius 3 is 2.15 bits per heavy atom. The van der Waals surface area contributed by atoms with Crippen LogP contribution in [0.3, 0.4) is 0 Å². The summed E-state index contributed by atoms with van der Waals surface area (Å²) in [5.41, 5.74) is 8.14. The minimum Gasteiger partial charge on any atom is -0.235 e. The second-order valence-electron chi connectivity index (χ2n) is 6.87. The van der Waals surface area contributed by atoms with E-state index >= 15 is 0 Å². The predicted molar refractivity (Wildman–Crippen MR) is 109 cm³/mol. The Kier molecular flexibility index (Phi) is 3.50. The first-order chi connectivity index (χ1) is 13.2. The molecule has 5 rings (SSSR count). The van der Waals surface area contributed by atoms with E-state index in [0.29, 0.717) is 5.65 Å². The fourth-order valence-electron chi connectivity index (χ4n) is 3.32. The molecule has 3 aromatic heterocycles. The standard InChI is InChI=1S/C23H18N4/c1-15-5-9-17(10-6-15)20-14-21(18-11-7-16(2)8-12-18)27-23(25-20)19-4-3-13-24-22(19)26-27/h3-14H,1-2H3. The second kappa shape index (κ2) is 6.02. The Hall–Kier alpha value is -3.53. The van der Waals surface area contributed by atoms with Gasteiger partial charge < -0.3 is 0 Å². The van der Waals surface area contributed by atoms with Crippen molar-refractivity contribution in [3.8, 4) is 22.5 Å². The van der Waals surface area contributed by atoms with E-state index in [1.807, 2.05) is 16.6 Å². The van der Waals surface area contributed by atoms with E-state index in [0.717, 1.165) is 33.5 Å². The van der Waals surface area contributed by atoms with Crippen LogP contribution in [-0.2, 0) is 0 Å². The summed E-state index contributed by atoms with van der Waals surface area (Å²) in [5.74, 6) is 0. The molecule has 0 spiro atoms. The summed E-state index contributed by atoms with van der Waals surface area (Å²) in [7, 11) is 0. The molecule has 0 N–H and O–H groups in total. The predicted octanol–water partition coefficient (Wildman–Crippen LogP) is 5.23. The molecule has 0 amide bonds. The van der Waals surface area contributed by atoms with Gasteiger partial charge in [0.2, 0.25) is 0 Å². The van der Waals surface area contributed by atoms with E-state index in [-0.39, 0.29) is 0 Å². The summed E-state index contributed by atoms with van der Waals surface area (Å²) in [6.07, 6.45) is 1.77. The van der Waals surface area contributed by atoms with E-state index in [9.17, 15) is 0 Å². The van der Waals surface area contributed by atoms with Crippen LogP contribution in [0.25, 0.3) is 39.2 Å². The smallest absolute Gasteiger partial charge is 0.183 e. The zero-order valence-corrected chi connectivity index (χ0v) is 15.2. The first-order valence-electron chi connectivity index (χ1n) is 8.98. The minimum atomic E-state index is 0.708. The van der Waals surface area contributed by atoms with Gasteiger partial charge >= 0.3 is 0 Å². The third-order valence-electron chi connectivity index (χ3n) is 4.85. The largest absolute Gasteiger partial charge is 0.235 e. The molecule has 0 aliphatic rings. The first-order valence-corrected chi connectivity index (χ1v) is 8.98. The Balaban J connectivity index is 1.85. The number of fused-ring (bicyclic) bond motifs is 3. The van der Waals surface area contributed by atoms with E-state index in [2.05, 4.69) is 73.4 Å². The summed E-state index contributed by atoms with van der Waals surface area (Å²) in [5, 5.41) is 5.66. The number of aromatic nitrogens is 4. The van der Waals surface area contributed by atoms with Gasteiger partial charge in [0, 0.05) is 17.3 Å². The molecule has 0 unspecified atom stereocenters. The van der Waals surface area contributed by atoms with Crippen LogP contribution in [0.1, 0.15) is 11.1 Å². The van der Waals surface area contributed by atoms with Gasteiger partial charge in [-0.25, -0.2) is 14.5 Å². The number of benzene rings is 2. The third-order valence-corrected chi connectivity index (χ3v) is 4.85. The van der Waals surface area contributed by atoms with Crippen LogP contribution < -0.4 is 0 Å². The summed E-state index contributed by atoms with van der Waals surface area (Å²) in [4.78, 5) is 9.34. The molecule has 0 bridgehead atoms. The lowest BCUT2D eigenvalue weighted by molar-refractivity contribution is 0.958.